The third kappa shape index (κ3) is 3.92. The molecule has 2 aromatic carbocycles. The first-order valence-corrected chi connectivity index (χ1v) is 8.04. The smallest absolute Gasteiger partial charge is 0.255 e. The lowest BCUT2D eigenvalue weighted by Gasteiger charge is -2.11. The Morgan fingerprint density at radius 2 is 2.04 bits per heavy atom. The van der Waals surface area contributed by atoms with Crippen LogP contribution < -0.4 is 14.8 Å². The van der Waals surface area contributed by atoms with Gasteiger partial charge in [-0.1, -0.05) is 12.7 Å². The highest BCUT2D eigenvalue weighted by Crippen LogP contribution is 2.28. The Balaban J connectivity index is 1.72. The number of nitrogens with zero attached hydrogens (tertiary/aromatic N) is 2. The van der Waals surface area contributed by atoms with Gasteiger partial charge in [0.05, 0.1) is 12.8 Å². The summed E-state index contributed by atoms with van der Waals surface area (Å²) in [6.07, 6.45) is 5.22. The van der Waals surface area contributed by atoms with Gasteiger partial charge in [-0.15, -0.1) is 0 Å². The molecule has 0 atom stereocenters. The lowest BCUT2D eigenvalue weighted by Crippen LogP contribution is -2.12. The number of hydrogen-bond donors (Lipinski definition) is 1. The summed E-state index contributed by atoms with van der Waals surface area (Å²) < 4.78 is 12.5. The summed E-state index contributed by atoms with van der Waals surface area (Å²) in [6, 6.07) is 14.3. The molecule has 0 saturated carbocycles. The van der Waals surface area contributed by atoms with Gasteiger partial charge in [0.15, 0.2) is 11.5 Å². The van der Waals surface area contributed by atoms with Crippen molar-refractivity contribution in [3.8, 4) is 17.2 Å². The number of anilines is 1. The molecule has 3 aromatic rings. The van der Waals surface area contributed by atoms with E-state index in [4.69, 9.17) is 9.47 Å². The van der Waals surface area contributed by atoms with Crippen LogP contribution in [0.25, 0.3) is 5.69 Å². The highest BCUT2D eigenvalue weighted by Gasteiger charge is 2.11. The summed E-state index contributed by atoms with van der Waals surface area (Å²) in [6.45, 7) is 3.98. The topological polar surface area (TPSA) is 65.4 Å². The molecule has 0 aliphatic carbocycles. The summed E-state index contributed by atoms with van der Waals surface area (Å²) >= 11 is 0. The van der Waals surface area contributed by atoms with E-state index in [9.17, 15) is 4.79 Å². The minimum atomic E-state index is -0.231. The van der Waals surface area contributed by atoms with Crippen LogP contribution in [0.4, 0.5) is 5.69 Å². The van der Waals surface area contributed by atoms with E-state index >= 15 is 0 Å². The Morgan fingerprint density at radius 3 is 2.69 bits per heavy atom. The molecule has 1 aromatic heterocycles. The maximum Gasteiger partial charge on any atom is 0.255 e. The van der Waals surface area contributed by atoms with E-state index in [0.717, 1.165) is 5.69 Å². The molecule has 1 N–H and O–H groups in total. The fraction of sp³-hybridized carbons (Fsp3) is 0.100. The van der Waals surface area contributed by atoms with Gasteiger partial charge < -0.3 is 14.8 Å². The molecule has 0 bridgehead atoms. The third-order valence-corrected chi connectivity index (χ3v) is 3.68. The van der Waals surface area contributed by atoms with E-state index in [2.05, 4.69) is 17.0 Å². The number of rotatable bonds is 7. The number of benzene rings is 2. The van der Waals surface area contributed by atoms with Gasteiger partial charge in [0, 0.05) is 23.6 Å². The van der Waals surface area contributed by atoms with E-state index in [1.165, 1.54) is 7.11 Å². The van der Waals surface area contributed by atoms with Gasteiger partial charge in [-0.25, -0.2) is 4.68 Å². The molecule has 6 nitrogen and oxygen atoms in total. The van der Waals surface area contributed by atoms with E-state index in [0.29, 0.717) is 29.4 Å². The molecule has 132 valence electrons. The van der Waals surface area contributed by atoms with Gasteiger partial charge in [0.25, 0.3) is 5.91 Å². The van der Waals surface area contributed by atoms with Crippen LogP contribution in [0.2, 0.25) is 0 Å². The van der Waals surface area contributed by atoms with Crippen LogP contribution in [-0.2, 0) is 0 Å². The summed E-state index contributed by atoms with van der Waals surface area (Å²) in [5.74, 6) is 0.825. The molecule has 0 unspecified atom stereocenters. The van der Waals surface area contributed by atoms with E-state index in [1.807, 2.05) is 36.5 Å². The second-order valence-corrected chi connectivity index (χ2v) is 5.42. The Morgan fingerprint density at radius 1 is 1.23 bits per heavy atom. The second-order valence-electron chi connectivity index (χ2n) is 5.42. The van der Waals surface area contributed by atoms with Gasteiger partial charge in [-0.05, 0) is 48.5 Å². The SMILES string of the molecule is C=CCOc1ccc(C(=O)Nc2ccc(-n3cccn3)cc2)cc1OC. The first-order chi connectivity index (χ1) is 12.7. The van der Waals surface area contributed by atoms with Gasteiger partial charge in [0.2, 0.25) is 0 Å². The predicted octanol–water partition coefficient (Wildman–Crippen LogP) is 3.70. The Kier molecular flexibility index (Phi) is 5.34. The average molecular weight is 349 g/mol. The summed E-state index contributed by atoms with van der Waals surface area (Å²) in [5, 5.41) is 7.03. The van der Waals surface area contributed by atoms with Crippen molar-refractivity contribution in [1.82, 2.24) is 9.78 Å². The molecule has 0 fully saturated rings. The lowest BCUT2D eigenvalue weighted by atomic mass is 10.1. The number of carbonyl (C=O) groups excluding carboxylic acids is 1. The maximum absolute atomic E-state index is 12.5. The monoisotopic (exact) mass is 349 g/mol. The number of amides is 1. The third-order valence-electron chi connectivity index (χ3n) is 3.68. The van der Waals surface area contributed by atoms with Crippen molar-refractivity contribution in [3.05, 3.63) is 79.1 Å². The Bertz CT molecular complexity index is 887. The molecule has 0 radical (unpaired) electrons. The summed E-state index contributed by atoms with van der Waals surface area (Å²) in [4.78, 5) is 12.5. The van der Waals surface area contributed by atoms with Crippen LogP contribution in [0.1, 0.15) is 10.4 Å². The highest BCUT2D eigenvalue weighted by atomic mass is 16.5. The number of nitrogens with one attached hydrogen (secondary N) is 1. The van der Waals surface area contributed by atoms with Crippen LogP contribution in [0, 0.1) is 0 Å². The number of aromatic nitrogens is 2. The molecular weight excluding hydrogens is 330 g/mol. The lowest BCUT2D eigenvalue weighted by molar-refractivity contribution is 0.102. The van der Waals surface area contributed by atoms with Crippen molar-refractivity contribution >= 4 is 11.6 Å². The normalized spacial score (nSPS) is 10.2. The van der Waals surface area contributed by atoms with Crippen molar-refractivity contribution < 1.29 is 14.3 Å². The zero-order chi connectivity index (χ0) is 18.4. The fourth-order valence-corrected chi connectivity index (χ4v) is 2.40. The van der Waals surface area contributed by atoms with Crippen LogP contribution in [0.5, 0.6) is 11.5 Å². The van der Waals surface area contributed by atoms with E-state index in [1.54, 1.807) is 35.2 Å². The molecule has 6 heteroatoms. The van der Waals surface area contributed by atoms with E-state index < -0.39 is 0 Å². The first-order valence-electron chi connectivity index (χ1n) is 8.04. The minimum absolute atomic E-state index is 0.231. The van der Waals surface area contributed by atoms with Gasteiger partial charge in [-0.2, -0.15) is 5.10 Å². The number of ether oxygens (including phenoxy) is 2. The molecule has 1 amide bonds. The zero-order valence-corrected chi connectivity index (χ0v) is 14.4. The Labute approximate surface area is 151 Å². The molecule has 0 saturated heterocycles. The summed E-state index contributed by atoms with van der Waals surface area (Å²) in [7, 11) is 1.53. The van der Waals surface area contributed by atoms with Crippen LogP contribution >= 0.6 is 0 Å². The van der Waals surface area contributed by atoms with Crippen LogP contribution in [-0.4, -0.2) is 29.4 Å². The van der Waals surface area contributed by atoms with Crippen molar-refractivity contribution in [2.45, 2.75) is 0 Å². The van der Waals surface area contributed by atoms with Crippen LogP contribution in [0.15, 0.2) is 73.6 Å². The quantitative estimate of drug-likeness (QED) is 0.661. The maximum atomic E-state index is 12.5. The molecule has 0 spiro atoms. The average Bonchev–Trinajstić information content (AvgIpc) is 3.21. The highest BCUT2D eigenvalue weighted by molar-refractivity contribution is 6.04. The summed E-state index contributed by atoms with van der Waals surface area (Å²) in [5.41, 5.74) is 2.08. The van der Waals surface area contributed by atoms with Crippen molar-refractivity contribution in [2.75, 3.05) is 19.0 Å². The molecule has 26 heavy (non-hydrogen) atoms. The molecular formula is C20H19N3O3. The zero-order valence-electron chi connectivity index (χ0n) is 14.4. The number of carbonyl (C=O) groups is 1. The predicted molar refractivity (Wildman–Crippen MR) is 100 cm³/mol. The van der Waals surface area contributed by atoms with E-state index in [-0.39, 0.29) is 5.91 Å². The van der Waals surface area contributed by atoms with Gasteiger partial charge in [0.1, 0.15) is 6.61 Å². The standard InChI is InChI=1S/C20H19N3O3/c1-3-13-26-18-10-5-15(14-19(18)25-2)20(24)22-16-6-8-17(9-7-16)23-12-4-11-21-23/h3-12,14H,1,13H2,2H3,(H,22,24). The molecule has 3 rings (SSSR count). The number of hydrogen-bond acceptors (Lipinski definition) is 4. The number of methoxy groups -OCH3 is 1. The molecule has 0 aliphatic heterocycles. The van der Waals surface area contributed by atoms with Crippen molar-refractivity contribution in [2.24, 2.45) is 0 Å². The largest absolute Gasteiger partial charge is 0.493 e. The van der Waals surface area contributed by atoms with Crippen molar-refractivity contribution in [1.29, 1.82) is 0 Å². The first kappa shape index (κ1) is 17.3. The fourth-order valence-electron chi connectivity index (χ4n) is 2.40. The minimum Gasteiger partial charge on any atom is -0.493 e. The molecule has 0 aliphatic rings. The second kappa shape index (κ2) is 8.02. The van der Waals surface area contributed by atoms with Crippen molar-refractivity contribution in [3.63, 3.8) is 0 Å². The van der Waals surface area contributed by atoms with Gasteiger partial charge >= 0.3 is 0 Å². The van der Waals surface area contributed by atoms with Crippen LogP contribution in [0.3, 0.4) is 0 Å². The van der Waals surface area contributed by atoms with Gasteiger partial charge in [-0.3, -0.25) is 4.79 Å². The molecule has 1 heterocycles. The Hall–Kier alpha value is -3.54.